The predicted octanol–water partition coefficient (Wildman–Crippen LogP) is 7.80. The molecular formula is C25H46N+. The fourth-order valence-corrected chi connectivity index (χ4v) is 3.76. The van der Waals surface area contributed by atoms with Crippen LogP contribution in [0.3, 0.4) is 0 Å². The lowest BCUT2D eigenvalue weighted by molar-refractivity contribution is -0.697. The Morgan fingerprint density at radius 1 is 0.538 bits per heavy atom. The number of aromatic nitrogens is 1. The summed E-state index contributed by atoms with van der Waals surface area (Å²) in [7, 11) is 0. The number of hydrogen-bond acceptors (Lipinski definition) is 0. The average molecular weight is 361 g/mol. The Morgan fingerprint density at radius 3 is 1.38 bits per heavy atom. The van der Waals surface area contributed by atoms with Crippen molar-refractivity contribution in [2.45, 2.75) is 130 Å². The highest BCUT2D eigenvalue weighted by molar-refractivity contribution is 5.06. The van der Waals surface area contributed by atoms with Gasteiger partial charge >= 0.3 is 0 Å². The van der Waals surface area contributed by atoms with E-state index in [-0.39, 0.29) is 0 Å². The van der Waals surface area contributed by atoms with Gasteiger partial charge in [0, 0.05) is 18.6 Å². The summed E-state index contributed by atoms with van der Waals surface area (Å²) in [5, 5.41) is 0. The quantitative estimate of drug-likeness (QED) is 0.186. The molecule has 0 saturated carbocycles. The first-order valence-corrected chi connectivity index (χ1v) is 11.8. The number of hydrogen-bond donors (Lipinski definition) is 0. The van der Waals surface area contributed by atoms with Gasteiger partial charge in [-0.05, 0) is 18.4 Å². The topological polar surface area (TPSA) is 3.88 Å². The van der Waals surface area contributed by atoms with Crippen LogP contribution in [0.15, 0.2) is 24.5 Å². The van der Waals surface area contributed by atoms with E-state index in [4.69, 9.17) is 0 Å². The van der Waals surface area contributed by atoms with Crippen LogP contribution in [-0.2, 0) is 13.0 Å². The molecule has 0 aliphatic heterocycles. The fraction of sp³-hybridized carbons (Fsp3) is 0.800. The van der Waals surface area contributed by atoms with Gasteiger partial charge in [0.2, 0.25) is 0 Å². The third-order valence-electron chi connectivity index (χ3n) is 5.52. The van der Waals surface area contributed by atoms with Gasteiger partial charge in [-0.25, -0.2) is 4.57 Å². The molecule has 1 rings (SSSR count). The molecule has 0 atom stereocenters. The zero-order chi connectivity index (χ0) is 18.7. The summed E-state index contributed by atoms with van der Waals surface area (Å²) in [5.74, 6) is 0. The molecule has 0 bridgehead atoms. The molecule has 1 aromatic rings. The molecule has 0 N–H and O–H groups in total. The molecule has 0 radical (unpaired) electrons. The van der Waals surface area contributed by atoms with Gasteiger partial charge in [-0.1, -0.05) is 104 Å². The molecule has 1 aromatic heterocycles. The highest BCUT2D eigenvalue weighted by Gasteiger charge is 2.01. The summed E-state index contributed by atoms with van der Waals surface area (Å²) in [5.41, 5.74) is 1.47. The lowest BCUT2D eigenvalue weighted by atomic mass is 10.0. The molecule has 0 spiro atoms. The van der Waals surface area contributed by atoms with E-state index >= 15 is 0 Å². The summed E-state index contributed by atoms with van der Waals surface area (Å²) in [4.78, 5) is 0. The van der Waals surface area contributed by atoms with Crippen molar-refractivity contribution in [1.82, 2.24) is 0 Å². The molecule has 0 aliphatic carbocycles. The molecule has 1 heteroatoms. The van der Waals surface area contributed by atoms with Gasteiger partial charge in [0.15, 0.2) is 12.4 Å². The SMILES string of the molecule is CCCCCCCCCCCCCCCCC[n+]1ccc(CCC)cc1. The minimum Gasteiger partial charge on any atom is -0.205 e. The van der Waals surface area contributed by atoms with Crippen molar-refractivity contribution in [1.29, 1.82) is 0 Å². The molecule has 1 heterocycles. The second-order valence-electron chi connectivity index (χ2n) is 8.14. The van der Waals surface area contributed by atoms with E-state index in [9.17, 15) is 0 Å². The van der Waals surface area contributed by atoms with Crippen LogP contribution >= 0.6 is 0 Å². The normalized spacial score (nSPS) is 11.2. The Labute approximate surface area is 164 Å². The van der Waals surface area contributed by atoms with Gasteiger partial charge in [-0.3, -0.25) is 0 Å². The Bertz CT molecular complexity index is 395. The molecule has 0 amide bonds. The molecule has 0 aliphatic rings. The van der Waals surface area contributed by atoms with Crippen LogP contribution in [0, 0.1) is 0 Å². The summed E-state index contributed by atoms with van der Waals surface area (Å²) >= 11 is 0. The monoisotopic (exact) mass is 360 g/mol. The molecule has 26 heavy (non-hydrogen) atoms. The second-order valence-corrected chi connectivity index (χ2v) is 8.14. The smallest absolute Gasteiger partial charge is 0.169 e. The molecule has 150 valence electrons. The van der Waals surface area contributed by atoms with E-state index in [2.05, 4.69) is 42.9 Å². The summed E-state index contributed by atoms with van der Waals surface area (Å²) in [6, 6.07) is 4.57. The van der Waals surface area contributed by atoms with Crippen molar-refractivity contribution in [3.05, 3.63) is 30.1 Å². The lowest BCUT2D eigenvalue weighted by Gasteiger charge is -2.03. The maximum Gasteiger partial charge on any atom is 0.169 e. The van der Waals surface area contributed by atoms with E-state index in [0.717, 1.165) is 0 Å². The Balaban J connectivity index is 1.80. The van der Waals surface area contributed by atoms with Gasteiger partial charge in [0.05, 0.1) is 0 Å². The largest absolute Gasteiger partial charge is 0.205 e. The van der Waals surface area contributed by atoms with E-state index in [1.165, 1.54) is 121 Å². The van der Waals surface area contributed by atoms with Gasteiger partial charge in [-0.2, -0.15) is 0 Å². The second kappa shape index (κ2) is 17.6. The third kappa shape index (κ3) is 13.4. The predicted molar refractivity (Wildman–Crippen MR) is 116 cm³/mol. The van der Waals surface area contributed by atoms with Crippen LogP contribution in [-0.4, -0.2) is 0 Å². The van der Waals surface area contributed by atoms with Crippen molar-refractivity contribution >= 4 is 0 Å². The van der Waals surface area contributed by atoms with E-state index in [0.29, 0.717) is 0 Å². The number of nitrogens with zero attached hydrogens (tertiary/aromatic N) is 1. The first-order chi connectivity index (χ1) is 12.9. The van der Waals surface area contributed by atoms with Gasteiger partial charge in [0.1, 0.15) is 6.54 Å². The van der Waals surface area contributed by atoms with Crippen LogP contribution in [0.5, 0.6) is 0 Å². The maximum atomic E-state index is 2.35. The van der Waals surface area contributed by atoms with Crippen molar-refractivity contribution in [2.75, 3.05) is 0 Å². The first kappa shape index (κ1) is 23.2. The number of rotatable bonds is 18. The highest BCUT2D eigenvalue weighted by Crippen LogP contribution is 2.13. The van der Waals surface area contributed by atoms with Crippen molar-refractivity contribution in [3.63, 3.8) is 0 Å². The van der Waals surface area contributed by atoms with Gasteiger partial charge < -0.3 is 0 Å². The van der Waals surface area contributed by atoms with Crippen molar-refractivity contribution in [3.8, 4) is 0 Å². The number of unbranched alkanes of at least 4 members (excludes halogenated alkanes) is 14. The Hall–Kier alpha value is -0.850. The van der Waals surface area contributed by atoms with Crippen LogP contribution in [0.25, 0.3) is 0 Å². The van der Waals surface area contributed by atoms with Crippen molar-refractivity contribution in [2.24, 2.45) is 0 Å². The van der Waals surface area contributed by atoms with E-state index < -0.39 is 0 Å². The maximum absolute atomic E-state index is 2.35. The van der Waals surface area contributed by atoms with Crippen LogP contribution in [0.1, 0.15) is 122 Å². The van der Waals surface area contributed by atoms with E-state index in [1.807, 2.05) is 0 Å². The van der Waals surface area contributed by atoms with E-state index in [1.54, 1.807) is 0 Å². The standard InChI is InChI=1S/C25H46N/c1-3-5-6-7-8-9-10-11-12-13-14-15-16-17-18-22-26-23-20-25(19-4-2)21-24-26/h20-21,23-24H,3-19,22H2,1-2H3/q+1. The third-order valence-corrected chi connectivity index (χ3v) is 5.52. The molecule has 0 saturated heterocycles. The summed E-state index contributed by atoms with van der Waals surface area (Å²) < 4.78 is 2.35. The van der Waals surface area contributed by atoms with Gasteiger partial charge in [0.25, 0.3) is 0 Å². The Morgan fingerprint density at radius 2 is 0.962 bits per heavy atom. The summed E-state index contributed by atoms with van der Waals surface area (Å²) in [6.45, 7) is 5.73. The number of pyridine rings is 1. The molecule has 0 fully saturated rings. The van der Waals surface area contributed by atoms with Crippen molar-refractivity contribution < 1.29 is 4.57 Å². The van der Waals surface area contributed by atoms with Crippen LogP contribution < -0.4 is 4.57 Å². The van der Waals surface area contributed by atoms with Crippen LogP contribution in [0.4, 0.5) is 0 Å². The zero-order valence-electron chi connectivity index (χ0n) is 18.0. The first-order valence-electron chi connectivity index (χ1n) is 11.8. The summed E-state index contributed by atoms with van der Waals surface area (Å²) in [6.07, 6.45) is 28.5. The minimum absolute atomic E-state index is 1.19. The highest BCUT2D eigenvalue weighted by atomic mass is 14.9. The molecule has 1 nitrogen and oxygen atoms in total. The van der Waals surface area contributed by atoms with Gasteiger partial charge in [-0.15, -0.1) is 0 Å². The molecule has 0 aromatic carbocycles. The average Bonchev–Trinajstić information content (AvgIpc) is 2.66. The zero-order valence-corrected chi connectivity index (χ0v) is 18.0. The lowest BCUT2D eigenvalue weighted by Crippen LogP contribution is -2.32. The van der Waals surface area contributed by atoms with Crippen LogP contribution in [0.2, 0.25) is 0 Å². The molecule has 0 unspecified atom stereocenters. The fourth-order valence-electron chi connectivity index (χ4n) is 3.76. The molecular weight excluding hydrogens is 314 g/mol. The Kier molecular flexibility index (Phi) is 15.7. The minimum atomic E-state index is 1.19. The number of aryl methyl sites for hydroxylation is 2.